The van der Waals surface area contributed by atoms with Crippen LogP contribution in [0.4, 0.5) is 4.39 Å². The van der Waals surface area contributed by atoms with Crippen molar-refractivity contribution in [3.63, 3.8) is 0 Å². The van der Waals surface area contributed by atoms with Gasteiger partial charge in [-0.3, -0.25) is 4.90 Å². The van der Waals surface area contributed by atoms with Gasteiger partial charge in [-0.2, -0.15) is 4.98 Å². The van der Waals surface area contributed by atoms with Crippen molar-refractivity contribution in [2.24, 2.45) is 5.73 Å². The highest BCUT2D eigenvalue weighted by atomic mass is 79.9. The van der Waals surface area contributed by atoms with E-state index in [1.807, 2.05) is 6.07 Å². The molecule has 22 heavy (non-hydrogen) atoms. The fourth-order valence-electron chi connectivity index (χ4n) is 2.26. The molecule has 1 aromatic heterocycles. The van der Waals surface area contributed by atoms with Gasteiger partial charge >= 0.3 is 0 Å². The first-order valence-corrected chi connectivity index (χ1v) is 7.64. The third-order valence-corrected chi connectivity index (χ3v) is 3.97. The minimum absolute atomic E-state index is 0. The van der Waals surface area contributed by atoms with Gasteiger partial charge in [-0.15, -0.1) is 12.4 Å². The van der Waals surface area contributed by atoms with Gasteiger partial charge in [0.2, 0.25) is 5.89 Å². The van der Waals surface area contributed by atoms with Gasteiger partial charge in [0.25, 0.3) is 0 Å². The summed E-state index contributed by atoms with van der Waals surface area (Å²) < 4.78 is 19.8. The van der Waals surface area contributed by atoms with Crippen molar-refractivity contribution in [2.75, 3.05) is 0 Å². The van der Waals surface area contributed by atoms with Crippen LogP contribution in [0.1, 0.15) is 30.1 Å². The molecule has 1 aliphatic carbocycles. The summed E-state index contributed by atoms with van der Waals surface area (Å²) in [6.45, 7) is 1.30. The van der Waals surface area contributed by atoms with Crippen molar-refractivity contribution in [3.05, 3.63) is 45.8 Å². The SMILES string of the molecule is Cl.NCc1nc(CN(Cc2cc(Br)ccc2F)C2CC2)no1. The molecule has 0 aliphatic heterocycles. The van der Waals surface area contributed by atoms with Gasteiger partial charge in [0.1, 0.15) is 5.82 Å². The molecule has 3 rings (SSSR count). The smallest absolute Gasteiger partial charge is 0.240 e. The molecule has 1 aromatic carbocycles. The molecule has 5 nitrogen and oxygen atoms in total. The van der Waals surface area contributed by atoms with E-state index >= 15 is 0 Å². The molecule has 1 aliphatic rings. The molecular formula is C14H17BrClFN4O. The van der Waals surface area contributed by atoms with Crippen LogP contribution in [0.5, 0.6) is 0 Å². The first-order chi connectivity index (χ1) is 10.2. The minimum Gasteiger partial charge on any atom is -0.338 e. The zero-order valence-electron chi connectivity index (χ0n) is 11.8. The second-order valence-electron chi connectivity index (χ2n) is 5.18. The summed E-state index contributed by atoms with van der Waals surface area (Å²) in [6, 6.07) is 5.45. The standard InChI is InChI=1S/C14H16BrFN4O.ClH/c15-10-1-4-12(16)9(5-10)7-20(11-2-3-11)8-13-18-14(6-17)21-19-13;/h1,4-5,11H,2-3,6-8,17H2;1H. The second kappa shape index (κ2) is 7.50. The summed E-state index contributed by atoms with van der Waals surface area (Å²) in [5, 5.41) is 3.91. The Morgan fingerprint density at radius 1 is 1.36 bits per heavy atom. The fraction of sp³-hybridized carbons (Fsp3) is 0.429. The first-order valence-electron chi connectivity index (χ1n) is 6.85. The van der Waals surface area contributed by atoms with Crippen LogP contribution in [-0.4, -0.2) is 21.1 Å². The van der Waals surface area contributed by atoms with Crippen LogP contribution in [-0.2, 0) is 19.6 Å². The Balaban J connectivity index is 0.00000176. The molecule has 1 saturated carbocycles. The summed E-state index contributed by atoms with van der Waals surface area (Å²) in [5.74, 6) is 0.826. The van der Waals surface area contributed by atoms with Crippen molar-refractivity contribution >= 4 is 28.3 Å². The largest absolute Gasteiger partial charge is 0.338 e. The monoisotopic (exact) mass is 390 g/mol. The van der Waals surface area contributed by atoms with Crippen molar-refractivity contribution in [1.29, 1.82) is 0 Å². The Morgan fingerprint density at radius 3 is 2.77 bits per heavy atom. The van der Waals surface area contributed by atoms with Crippen LogP contribution in [0.25, 0.3) is 0 Å². The van der Waals surface area contributed by atoms with Crippen LogP contribution in [0.3, 0.4) is 0 Å². The Kier molecular flexibility index (Phi) is 5.91. The highest BCUT2D eigenvalue weighted by Gasteiger charge is 2.30. The molecule has 0 radical (unpaired) electrons. The lowest BCUT2D eigenvalue weighted by molar-refractivity contribution is 0.232. The van der Waals surface area contributed by atoms with Crippen molar-refractivity contribution in [3.8, 4) is 0 Å². The minimum atomic E-state index is -0.195. The van der Waals surface area contributed by atoms with E-state index in [4.69, 9.17) is 10.3 Å². The Labute approximate surface area is 142 Å². The average Bonchev–Trinajstić information content (AvgIpc) is 3.22. The van der Waals surface area contributed by atoms with Gasteiger partial charge in [-0.25, -0.2) is 4.39 Å². The highest BCUT2D eigenvalue weighted by Crippen LogP contribution is 2.30. The van der Waals surface area contributed by atoms with E-state index in [-0.39, 0.29) is 24.8 Å². The summed E-state index contributed by atoms with van der Waals surface area (Å²) in [5.41, 5.74) is 6.13. The number of nitrogens with zero attached hydrogens (tertiary/aromatic N) is 3. The van der Waals surface area contributed by atoms with Crippen LogP contribution >= 0.6 is 28.3 Å². The average molecular weight is 392 g/mol. The van der Waals surface area contributed by atoms with Gasteiger partial charge in [0, 0.05) is 22.6 Å². The fourth-order valence-corrected chi connectivity index (χ4v) is 2.66. The van der Waals surface area contributed by atoms with Gasteiger partial charge in [-0.05, 0) is 31.0 Å². The topological polar surface area (TPSA) is 68.2 Å². The molecule has 0 amide bonds. The highest BCUT2D eigenvalue weighted by molar-refractivity contribution is 9.10. The summed E-state index contributed by atoms with van der Waals surface area (Å²) >= 11 is 3.38. The molecule has 8 heteroatoms. The predicted molar refractivity (Wildman–Crippen MR) is 85.8 cm³/mol. The van der Waals surface area contributed by atoms with Gasteiger partial charge < -0.3 is 10.3 Å². The number of benzene rings is 1. The first kappa shape index (κ1) is 17.3. The van der Waals surface area contributed by atoms with Gasteiger partial charge in [-0.1, -0.05) is 21.1 Å². The molecule has 2 N–H and O–H groups in total. The maximum Gasteiger partial charge on any atom is 0.240 e. The molecule has 0 unspecified atom stereocenters. The van der Waals surface area contributed by atoms with Crippen LogP contribution in [0.15, 0.2) is 27.2 Å². The lowest BCUT2D eigenvalue weighted by Crippen LogP contribution is -2.26. The van der Waals surface area contributed by atoms with E-state index < -0.39 is 0 Å². The number of halogens is 3. The van der Waals surface area contributed by atoms with E-state index in [1.54, 1.807) is 6.07 Å². The van der Waals surface area contributed by atoms with Gasteiger partial charge in [0.15, 0.2) is 5.82 Å². The maximum atomic E-state index is 13.9. The number of nitrogens with two attached hydrogens (primary N) is 1. The molecule has 0 bridgehead atoms. The quantitative estimate of drug-likeness (QED) is 0.820. The molecule has 0 saturated heterocycles. The number of rotatable bonds is 6. The maximum absolute atomic E-state index is 13.9. The second-order valence-corrected chi connectivity index (χ2v) is 6.10. The lowest BCUT2D eigenvalue weighted by Gasteiger charge is -2.20. The zero-order valence-corrected chi connectivity index (χ0v) is 14.2. The number of hydrogen-bond donors (Lipinski definition) is 1. The normalized spacial score (nSPS) is 14.2. The molecule has 120 valence electrons. The van der Waals surface area contributed by atoms with Crippen LogP contribution in [0, 0.1) is 5.82 Å². The Morgan fingerprint density at radius 2 is 2.14 bits per heavy atom. The van der Waals surface area contributed by atoms with Crippen molar-refractivity contribution in [1.82, 2.24) is 15.0 Å². The Bertz CT molecular complexity index is 635. The van der Waals surface area contributed by atoms with E-state index in [1.165, 1.54) is 6.07 Å². The zero-order chi connectivity index (χ0) is 14.8. The molecule has 2 aromatic rings. The summed E-state index contributed by atoms with van der Waals surface area (Å²) in [4.78, 5) is 6.39. The number of hydrogen-bond acceptors (Lipinski definition) is 5. The summed E-state index contributed by atoms with van der Waals surface area (Å²) in [6.07, 6.45) is 2.24. The van der Waals surface area contributed by atoms with E-state index in [0.29, 0.717) is 36.4 Å². The summed E-state index contributed by atoms with van der Waals surface area (Å²) in [7, 11) is 0. The van der Waals surface area contributed by atoms with Crippen molar-refractivity contribution < 1.29 is 8.91 Å². The molecular weight excluding hydrogens is 375 g/mol. The third kappa shape index (κ3) is 4.25. The molecule has 1 heterocycles. The molecule has 0 atom stereocenters. The van der Waals surface area contributed by atoms with E-state index in [9.17, 15) is 4.39 Å². The molecule has 0 spiro atoms. The van der Waals surface area contributed by atoms with Crippen LogP contribution in [0.2, 0.25) is 0 Å². The van der Waals surface area contributed by atoms with E-state index in [0.717, 1.165) is 17.3 Å². The third-order valence-electron chi connectivity index (χ3n) is 3.47. The number of aromatic nitrogens is 2. The van der Waals surface area contributed by atoms with E-state index in [2.05, 4.69) is 31.0 Å². The molecule has 1 fully saturated rings. The van der Waals surface area contributed by atoms with Crippen LogP contribution < -0.4 is 5.73 Å². The Hall–Kier alpha value is -1.02. The van der Waals surface area contributed by atoms with Gasteiger partial charge in [0.05, 0.1) is 13.1 Å². The predicted octanol–water partition coefficient (Wildman–Crippen LogP) is 3.02. The van der Waals surface area contributed by atoms with Crippen molar-refractivity contribution in [2.45, 2.75) is 38.5 Å². The lowest BCUT2D eigenvalue weighted by atomic mass is 10.2.